The number of rotatable bonds is 2. The molecule has 0 saturated carbocycles. The van der Waals surface area contributed by atoms with Gasteiger partial charge in [0.15, 0.2) is 0 Å². The van der Waals surface area contributed by atoms with Gasteiger partial charge in [0.1, 0.15) is 0 Å². The van der Waals surface area contributed by atoms with E-state index in [0.29, 0.717) is 10.7 Å². The van der Waals surface area contributed by atoms with Gasteiger partial charge in [-0.3, -0.25) is 0 Å². The third kappa shape index (κ3) is 3.48. The molecule has 0 aliphatic heterocycles. The number of aryl methyl sites for hydroxylation is 2. The molecule has 4 heteroatoms. The first-order valence-corrected chi connectivity index (χ1v) is 6.34. The van der Waals surface area contributed by atoms with E-state index in [9.17, 15) is 4.79 Å². The van der Waals surface area contributed by atoms with Crippen LogP contribution in [0.5, 0.6) is 0 Å². The number of hydrogen-bond acceptors (Lipinski definition) is 1. The van der Waals surface area contributed by atoms with E-state index in [2.05, 4.69) is 10.6 Å². The van der Waals surface area contributed by atoms with Crippen LogP contribution in [0.1, 0.15) is 11.1 Å². The van der Waals surface area contributed by atoms with Crippen LogP contribution in [-0.4, -0.2) is 6.03 Å². The van der Waals surface area contributed by atoms with E-state index < -0.39 is 0 Å². The molecule has 0 bridgehead atoms. The minimum Gasteiger partial charge on any atom is -0.307 e. The topological polar surface area (TPSA) is 41.1 Å². The highest BCUT2D eigenvalue weighted by molar-refractivity contribution is 6.33. The molecule has 0 unspecified atom stereocenters. The molecule has 0 aliphatic rings. The van der Waals surface area contributed by atoms with Crippen LogP contribution in [0.25, 0.3) is 0 Å². The highest BCUT2D eigenvalue weighted by atomic mass is 35.5. The number of carbonyl (C=O) groups excluding carboxylic acids is 1. The van der Waals surface area contributed by atoms with Crippen LogP contribution < -0.4 is 10.6 Å². The Kier molecular flexibility index (Phi) is 4.07. The van der Waals surface area contributed by atoms with Crippen molar-refractivity contribution in [3.05, 3.63) is 58.6 Å². The van der Waals surface area contributed by atoms with Gasteiger partial charge in [-0.1, -0.05) is 41.4 Å². The summed E-state index contributed by atoms with van der Waals surface area (Å²) in [7, 11) is 0. The fourth-order valence-corrected chi connectivity index (χ4v) is 1.98. The lowest BCUT2D eigenvalue weighted by Crippen LogP contribution is -2.20. The minimum atomic E-state index is -0.306. The second-order valence-corrected chi connectivity index (χ2v) is 4.78. The Morgan fingerprint density at radius 2 is 1.68 bits per heavy atom. The number of anilines is 2. The molecule has 0 spiro atoms. The summed E-state index contributed by atoms with van der Waals surface area (Å²) < 4.78 is 0. The number of urea groups is 1. The Bertz CT molecular complexity index is 611. The Balaban J connectivity index is 2.08. The van der Waals surface area contributed by atoms with Crippen molar-refractivity contribution < 1.29 is 4.79 Å². The fraction of sp³-hybridized carbons (Fsp3) is 0.133. The Morgan fingerprint density at radius 3 is 2.37 bits per heavy atom. The lowest BCUT2D eigenvalue weighted by molar-refractivity contribution is 0.262. The van der Waals surface area contributed by atoms with Gasteiger partial charge in [-0.15, -0.1) is 0 Å². The Labute approximate surface area is 117 Å². The van der Waals surface area contributed by atoms with E-state index in [1.165, 1.54) is 0 Å². The van der Waals surface area contributed by atoms with Crippen molar-refractivity contribution in [2.24, 2.45) is 0 Å². The zero-order valence-corrected chi connectivity index (χ0v) is 11.6. The summed E-state index contributed by atoms with van der Waals surface area (Å²) in [6, 6.07) is 12.7. The largest absolute Gasteiger partial charge is 0.323 e. The van der Waals surface area contributed by atoms with Gasteiger partial charge in [-0.25, -0.2) is 4.79 Å². The molecule has 3 nitrogen and oxygen atoms in total. The smallest absolute Gasteiger partial charge is 0.307 e. The first-order valence-electron chi connectivity index (χ1n) is 5.96. The summed E-state index contributed by atoms with van der Waals surface area (Å²) in [5, 5.41) is 6.04. The third-order valence-electron chi connectivity index (χ3n) is 2.75. The van der Waals surface area contributed by atoms with Gasteiger partial charge < -0.3 is 10.6 Å². The molecule has 0 fully saturated rings. The zero-order chi connectivity index (χ0) is 13.8. The predicted molar refractivity (Wildman–Crippen MR) is 80.0 cm³/mol. The molecular formula is C15H15ClN2O. The maximum absolute atomic E-state index is 11.9. The minimum absolute atomic E-state index is 0.306. The summed E-state index contributed by atoms with van der Waals surface area (Å²) in [5.41, 5.74) is 3.56. The zero-order valence-electron chi connectivity index (χ0n) is 10.8. The molecule has 2 N–H and O–H groups in total. The molecule has 98 valence electrons. The molecule has 19 heavy (non-hydrogen) atoms. The van der Waals surface area contributed by atoms with Crippen molar-refractivity contribution >= 4 is 29.0 Å². The van der Waals surface area contributed by atoms with E-state index in [1.807, 2.05) is 44.2 Å². The summed E-state index contributed by atoms with van der Waals surface area (Å²) in [6.07, 6.45) is 0. The van der Waals surface area contributed by atoms with E-state index in [4.69, 9.17) is 11.6 Å². The molecule has 2 rings (SSSR count). The number of halogens is 1. The van der Waals surface area contributed by atoms with E-state index in [1.54, 1.807) is 12.1 Å². The van der Waals surface area contributed by atoms with Gasteiger partial charge in [0.05, 0.1) is 10.7 Å². The molecular weight excluding hydrogens is 260 g/mol. The van der Waals surface area contributed by atoms with Crippen molar-refractivity contribution in [1.82, 2.24) is 0 Å². The molecule has 0 aromatic heterocycles. The summed E-state index contributed by atoms with van der Waals surface area (Å²) in [5.74, 6) is 0. The summed E-state index contributed by atoms with van der Waals surface area (Å²) >= 11 is 5.98. The van der Waals surface area contributed by atoms with Crippen LogP contribution in [-0.2, 0) is 0 Å². The molecule has 0 radical (unpaired) electrons. The molecule has 2 aromatic carbocycles. The highest BCUT2D eigenvalue weighted by Crippen LogP contribution is 2.21. The number of benzene rings is 2. The van der Waals surface area contributed by atoms with Crippen molar-refractivity contribution in [3.8, 4) is 0 Å². The number of amides is 2. The highest BCUT2D eigenvalue weighted by Gasteiger charge is 2.06. The second kappa shape index (κ2) is 5.76. The Hall–Kier alpha value is -2.00. The molecule has 0 heterocycles. The van der Waals surface area contributed by atoms with E-state index in [0.717, 1.165) is 16.8 Å². The monoisotopic (exact) mass is 274 g/mol. The lowest BCUT2D eigenvalue weighted by Gasteiger charge is -2.11. The van der Waals surface area contributed by atoms with Gasteiger partial charge in [0.25, 0.3) is 0 Å². The normalized spacial score (nSPS) is 10.1. The van der Waals surface area contributed by atoms with Gasteiger partial charge in [-0.05, 0) is 37.6 Å². The number of hydrogen-bond donors (Lipinski definition) is 2. The Morgan fingerprint density at radius 1 is 1.00 bits per heavy atom. The average molecular weight is 275 g/mol. The molecule has 0 atom stereocenters. The standard InChI is InChI=1S/C15H15ClN2O/c1-10-7-8-13(11(2)9-10)17-15(19)18-14-6-4-3-5-12(14)16/h3-9H,1-2H3,(H2,17,18,19). The van der Waals surface area contributed by atoms with Gasteiger partial charge >= 0.3 is 6.03 Å². The van der Waals surface area contributed by atoms with Gasteiger partial charge in [0, 0.05) is 5.69 Å². The molecule has 0 aliphatic carbocycles. The fourth-order valence-electron chi connectivity index (χ4n) is 1.79. The van der Waals surface area contributed by atoms with Crippen LogP contribution in [0.15, 0.2) is 42.5 Å². The lowest BCUT2D eigenvalue weighted by atomic mass is 10.1. The van der Waals surface area contributed by atoms with Crippen molar-refractivity contribution in [3.63, 3.8) is 0 Å². The average Bonchev–Trinajstić information content (AvgIpc) is 2.36. The number of para-hydroxylation sites is 1. The van der Waals surface area contributed by atoms with Gasteiger partial charge in [-0.2, -0.15) is 0 Å². The molecule has 0 saturated heterocycles. The van der Waals surface area contributed by atoms with E-state index >= 15 is 0 Å². The maximum atomic E-state index is 11.9. The van der Waals surface area contributed by atoms with Crippen LogP contribution in [0, 0.1) is 13.8 Å². The summed E-state index contributed by atoms with van der Waals surface area (Å²) in [6.45, 7) is 3.97. The van der Waals surface area contributed by atoms with Crippen LogP contribution >= 0.6 is 11.6 Å². The van der Waals surface area contributed by atoms with Crippen molar-refractivity contribution in [1.29, 1.82) is 0 Å². The number of nitrogens with one attached hydrogen (secondary N) is 2. The first-order chi connectivity index (χ1) is 9.06. The third-order valence-corrected chi connectivity index (χ3v) is 3.08. The van der Waals surface area contributed by atoms with Crippen LogP contribution in [0.4, 0.5) is 16.2 Å². The molecule has 2 aromatic rings. The number of carbonyl (C=O) groups is 1. The maximum Gasteiger partial charge on any atom is 0.323 e. The predicted octanol–water partition coefficient (Wildman–Crippen LogP) is 4.60. The SMILES string of the molecule is Cc1ccc(NC(=O)Nc2ccccc2Cl)c(C)c1. The van der Waals surface area contributed by atoms with Crippen molar-refractivity contribution in [2.45, 2.75) is 13.8 Å². The quantitative estimate of drug-likeness (QED) is 0.825. The van der Waals surface area contributed by atoms with Gasteiger partial charge in [0.2, 0.25) is 0 Å². The van der Waals surface area contributed by atoms with Crippen molar-refractivity contribution in [2.75, 3.05) is 10.6 Å². The molecule has 2 amide bonds. The van der Waals surface area contributed by atoms with Crippen LogP contribution in [0.3, 0.4) is 0 Å². The van der Waals surface area contributed by atoms with Crippen LogP contribution in [0.2, 0.25) is 5.02 Å². The first kappa shape index (κ1) is 13.4. The second-order valence-electron chi connectivity index (χ2n) is 4.38. The summed E-state index contributed by atoms with van der Waals surface area (Å²) in [4.78, 5) is 11.9. The van der Waals surface area contributed by atoms with E-state index in [-0.39, 0.29) is 6.03 Å².